The Labute approximate surface area is 150 Å². The van der Waals surface area contributed by atoms with E-state index < -0.39 is 16.9 Å². The first-order valence-electron chi connectivity index (χ1n) is 7.53. The van der Waals surface area contributed by atoms with E-state index in [4.69, 9.17) is 10.8 Å². The molecular weight excluding hydrogens is 340 g/mol. The smallest absolute Gasteiger partial charge is 0.342 e. The van der Waals surface area contributed by atoms with Gasteiger partial charge in [-0.25, -0.2) is 9.59 Å². The van der Waals surface area contributed by atoms with Gasteiger partial charge in [0, 0.05) is 11.3 Å². The van der Waals surface area contributed by atoms with E-state index in [1.165, 1.54) is 13.2 Å². The number of benzene rings is 2. The van der Waals surface area contributed by atoms with Crippen LogP contribution in [-0.4, -0.2) is 29.1 Å². The summed E-state index contributed by atoms with van der Waals surface area (Å²) in [7, 11) is 1.34. The second kappa shape index (κ2) is 8.61. The fourth-order valence-corrected chi connectivity index (χ4v) is 2.18. The molecule has 0 spiro atoms. The molecule has 8 nitrogen and oxygen atoms in total. The average Bonchev–Trinajstić information content (AvgIpc) is 2.58. The van der Waals surface area contributed by atoms with Gasteiger partial charge in [-0.05, 0) is 44.0 Å². The van der Waals surface area contributed by atoms with Gasteiger partial charge in [0.15, 0.2) is 0 Å². The maximum atomic E-state index is 11.1. The third kappa shape index (κ3) is 4.56. The second-order valence-corrected chi connectivity index (χ2v) is 5.49. The minimum atomic E-state index is -1.28. The Balaban J connectivity index is 0.000000263. The number of carbonyl (C=O) groups is 2. The number of ether oxygens (including phenoxy) is 1. The van der Waals surface area contributed by atoms with Gasteiger partial charge in [0.1, 0.15) is 5.56 Å². The lowest BCUT2D eigenvalue weighted by Gasteiger charge is -2.04. The highest BCUT2D eigenvalue weighted by Crippen LogP contribution is 2.25. The van der Waals surface area contributed by atoms with Crippen LogP contribution in [0.25, 0.3) is 0 Å². The highest BCUT2D eigenvalue weighted by molar-refractivity contribution is 5.95. The van der Waals surface area contributed by atoms with Crippen molar-refractivity contribution in [3.05, 3.63) is 68.3 Å². The predicted octanol–water partition coefficient (Wildman–Crippen LogP) is 3.27. The Bertz CT molecular complexity index is 861. The first kappa shape index (κ1) is 20.6. The van der Waals surface area contributed by atoms with Crippen molar-refractivity contribution in [1.29, 1.82) is 0 Å². The van der Waals surface area contributed by atoms with Gasteiger partial charge in [0.2, 0.25) is 0 Å². The molecule has 0 atom stereocenters. The number of esters is 1. The Morgan fingerprint density at radius 1 is 1.08 bits per heavy atom. The second-order valence-electron chi connectivity index (χ2n) is 5.49. The molecule has 0 aliphatic rings. The molecule has 26 heavy (non-hydrogen) atoms. The summed E-state index contributed by atoms with van der Waals surface area (Å²) in [5.41, 5.74) is 7.98. The van der Waals surface area contributed by atoms with Gasteiger partial charge in [-0.3, -0.25) is 10.1 Å². The molecule has 0 saturated heterocycles. The molecule has 3 N–H and O–H groups in total. The van der Waals surface area contributed by atoms with Crippen molar-refractivity contribution < 1.29 is 24.4 Å². The first-order valence-corrected chi connectivity index (χ1v) is 7.53. The molecule has 138 valence electrons. The number of nitro benzene ring substituents is 1. The zero-order valence-electron chi connectivity index (χ0n) is 14.9. The Kier molecular flexibility index (Phi) is 6.83. The largest absolute Gasteiger partial charge is 0.477 e. The SMILES string of the molecule is COC(=O)c1cccc(C)c1N.Cc1ccc(C(=O)O)c([N+](=O)[O-])c1C. The van der Waals surface area contributed by atoms with Crippen LogP contribution >= 0.6 is 0 Å². The number of carboxylic acids is 1. The number of aryl methyl sites for hydroxylation is 2. The Morgan fingerprint density at radius 2 is 1.69 bits per heavy atom. The topological polar surface area (TPSA) is 133 Å². The van der Waals surface area contributed by atoms with Crippen LogP contribution in [0.2, 0.25) is 0 Å². The molecule has 2 aromatic carbocycles. The fourth-order valence-electron chi connectivity index (χ4n) is 2.18. The van der Waals surface area contributed by atoms with Crippen LogP contribution in [-0.2, 0) is 4.74 Å². The first-order chi connectivity index (χ1) is 12.1. The number of nitro groups is 1. The highest BCUT2D eigenvalue weighted by Gasteiger charge is 2.23. The zero-order valence-corrected chi connectivity index (χ0v) is 14.9. The monoisotopic (exact) mass is 360 g/mol. The number of aromatic carboxylic acids is 1. The van der Waals surface area contributed by atoms with Crippen molar-refractivity contribution in [3.8, 4) is 0 Å². The van der Waals surface area contributed by atoms with Gasteiger partial charge in [-0.2, -0.15) is 0 Å². The number of nitrogen functional groups attached to an aromatic ring is 1. The molecule has 0 unspecified atom stereocenters. The molecule has 0 aliphatic carbocycles. The van der Waals surface area contributed by atoms with Gasteiger partial charge < -0.3 is 15.6 Å². The van der Waals surface area contributed by atoms with Crippen molar-refractivity contribution in [3.63, 3.8) is 0 Å². The molecule has 0 aromatic heterocycles. The summed E-state index contributed by atoms with van der Waals surface area (Å²) in [6.07, 6.45) is 0. The van der Waals surface area contributed by atoms with Crippen LogP contribution in [0.15, 0.2) is 30.3 Å². The third-order valence-corrected chi connectivity index (χ3v) is 3.84. The lowest BCUT2D eigenvalue weighted by molar-refractivity contribution is -0.385. The lowest BCUT2D eigenvalue weighted by atomic mass is 10.0. The van der Waals surface area contributed by atoms with Crippen molar-refractivity contribution in [2.75, 3.05) is 12.8 Å². The van der Waals surface area contributed by atoms with Gasteiger partial charge in [0.05, 0.1) is 17.6 Å². The van der Waals surface area contributed by atoms with E-state index in [0.717, 1.165) is 5.56 Å². The number of hydrogen-bond acceptors (Lipinski definition) is 6. The van der Waals surface area contributed by atoms with E-state index in [9.17, 15) is 19.7 Å². The van der Waals surface area contributed by atoms with Gasteiger partial charge >= 0.3 is 11.9 Å². The molecule has 0 heterocycles. The maximum absolute atomic E-state index is 11.1. The Morgan fingerprint density at radius 3 is 2.19 bits per heavy atom. The number of nitrogens with zero attached hydrogens (tertiary/aromatic N) is 1. The number of carboxylic acid groups (broad SMARTS) is 1. The van der Waals surface area contributed by atoms with Crippen LogP contribution in [0.3, 0.4) is 0 Å². The van der Waals surface area contributed by atoms with Crippen LogP contribution in [0.1, 0.15) is 37.4 Å². The summed E-state index contributed by atoms with van der Waals surface area (Å²) < 4.78 is 4.55. The molecule has 0 amide bonds. The van der Waals surface area contributed by atoms with Crippen molar-refractivity contribution in [2.45, 2.75) is 20.8 Å². The van der Waals surface area contributed by atoms with E-state index in [1.54, 1.807) is 32.0 Å². The van der Waals surface area contributed by atoms with Crippen LogP contribution in [0, 0.1) is 30.9 Å². The fraction of sp³-hybridized carbons (Fsp3) is 0.222. The van der Waals surface area contributed by atoms with E-state index in [-0.39, 0.29) is 11.3 Å². The summed E-state index contributed by atoms with van der Waals surface area (Å²) in [6.45, 7) is 5.09. The molecule has 2 aromatic rings. The molecule has 0 saturated carbocycles. The summed E-state index contributed by atoms with van der Waals surface area (Å²) in [4.78, 5) is 31.8. The molecule has 0 fully saturated rings. The number of carbonyl (C=O) groups excluding carboxylic acids is 1. The minimum absolute atomic E-state index is 0.266. The van der Waals surface area contributed by atoms with E-state index in [2.05, 4.69) is 4.74 Å². The number of anilines is 1. The highest BCUT2D eigenvalue weighted by atomic mass is 16.6. The summed E-state index contributed by atoms with van der Waals surface area (Å²) in [6, 6.07) is 8.09. The average molecular weight is 360 g/mol. The lowest BCUT2D eigenvalue weighted by Crippen LogP contribution is -2.06. The van der Waals surface area contributed by atoms with Crippen LogP contribution in [0.5, 0.6) is 0 Å². The number of methoxy groups -OCH3 is 1. The number of para-hydroxylation sites is 1. The van der Waals surface area contributed by atoms with Crippen molar-refractivity contribution in [1.82, 2.24) is 0 Å². The van der Waals surface area contributed by atoms with Crippen LogP contribution in [0.4, 0.5) is 11.4 Å². The summed E-state index contributed by atoms with van der Waals surface area (Å²) in [5.74, 6) is -1.67. The quantitative estimate of drug-likeness (QED) is 0.371. The van der Waals surface area contributed by atoms with E-state index in [1.807, 2.05) is 13.0 Å². The normalized spacial score (nSPS) is 9.69. The summed E-state index contributed by atoms with van der Waals surface area (Å²) in [5, 5.41) is 19.4. The number of nitrogens with two attached hydrogens (primary N) is 1. The molecule has 8 heteroatoms. The number of rotatable bonds is 3. The van der Waals surface area contributed by atoms with E-state index >= 15 is 0 Å². The maximum Gasteiger partial charge on any atom is 0.342 e. The predicted molar refractivity (Wildman–Crippen MR) is 96.5 cm³/mol. The minimum Gasteiger partial charge on any atom is -0.477 e. The van der Waals surface area contributed by atoms with Gasteiger partial charge in [-0.1, -0.05) is 18.2 Å². The third-order valence-electron chi connectivity index (χ3n) is 3.84. The van der Waals surface area contributed by atoms with E-state index in [0.29, 0.717) is 22.4 Å². The van der Waals surface area contributed by atoms with Crippen LogP contribution < -0.4 is 5.73 Å². The van der Waals surface area contributed by atoms with Crippen molar-refractivity contribution in [2.24, 2.45) is 0 Å². The van der Waals surface area contributed by atoms with Gasteiger partial charge in [0.25, 0.3) is 5.69 Å². The zero-order chi connectivity index (χ0) is 20.0. The van der Waals surface area contributed by atoms with Gasteiger partial charge in [-0.15, -0.1) is 0 Å². The molecule has 0 bridgehead atoms. The molecule has 0 radical (unpaired) electrons. The molecule has 2 rings (SSSR count). The molecular formula is C18H20N2O6. The summed E-state index contributed by atoms with van der Waals surface area (Å²) >= 11 is 0. The number of hydrogen-bond donors (Lipinski definition) is 2. The standard InChI is InChI=1S/C9H9NO4.C9H11NO2/c1-5-3-4-7(9(11)12)8(6(5)2)10(13)14;1-6-4-3-5-7(8(6)10)9(11)12-2/h3-4H,1-2H3,(H,11,12);3-5H,10H2,1-2H3. The Hall–Kier alpha value is -3.42. The molecule has 0 aliphatic heterocycles. The van der Waals surface area contributed by atoms with Crippen molar-refractivity contribution >= 4 is 23.3 Å².